The quantitative estimate of drug-likeness (QED) is 0.915. The number of para-hydroxylation sites is 1. The number of benzene rings is 1. The van der Waals surface area contributed by atoms with Gasteiger partial charge in [0.25, 0.3) is 0 Å². The van der Waals surface area contributed by atoms with Gasteiger partial charge in [-0.05, 0) is 38.0 Å². The topological polar surface area (TPSA) is 62.7 Å². The highest BCUT2D eigenvalue weighted by molar-refractivity contribution is 5.74. The molecule has 2 unspecified atom stereocenters. The highest BCUT2D eigenvalue weighted by atomic mass is 16.5. The van der Waals surface area contributed by atoms with E-state index in [1.807, 2.05) is 54.3 Å². The summed E-state index contributed by atoms with van der Waals surface area (Å²) in [5.41, 5.74) is 2.72. The number of carbonyl (C=O) groups is 1. The van der Waals surface area contributed by atoms with E-state index in [0.717, 1.165) is 35.7 Å². The van der Waals surface area contributed by atoms with Gasteiger partial charge in [-0.15, -0.1) is 0 Å². The SMILES string of the molecule is COc1ccccc1C(c1cccc(C)n1)N1CCCC1C(=O)O. The molecule has 1 N–H and O–H groups in total. The average Bonchev–Trinajstić information content (AvgIpc) is 3.05. The first-order valence-corrected chi connectivity index (χ1v) is 8.17. The number of methoxy groups -OCH3 is 1. The van der Waals surface area contributed by atoms with Crippen LogP contribution in [-0.2, 0) is 4.79 Å². The molecule has 0 aliphatic carbocycles. The first-order chi connectivity index (χ1) is 11.6. The summed E-state index contributed by atoms with van der Waals surface area (Å²) in [5, 5.41) is 9.61. The Morgan fingerprint density at radius 1 is 1.29 bits per heavy atom. The van der Waals surface area contributed by atoms with Crippen LogP contribution < -0.4 is 4.74 Å². The van der Waals surface area contributed by atoms with Gasteiger partial charge in [-0.3, -0.25) is 14.7 Å². The molecular formula is C19H22N2O3. The van der Waals surface area contributed by atoms with Crippen LogP contribution in [0.1, 0.15) is 35.8 Å². The summed E-state index contributed by atoms with van der Waals surface area (Å²) in [7, 11) is 1.64. The van der Waals surface area contributed by atoms with E-state index in [2.05, 4.69) is 4.98 Å². The van der Waals surface area contributed by atoms with E-state index in [9.17, 15) is 9.90 Å². The number of hydrogen-bond acceptors (Lipinski definition) is 4. The van der Waals surface area contributed by atoms with Crippen molar-refractivity contribution in [3.05, 3.63) is 59.4 Å². The molecule has 5 nitrogen and oxygen atoms in total. The first kappa shape index (κ1) is 16.5. The van der Waals surface area contributed by atoms with Gasteiger partial charge in [-0.25, -0.2) is 0 Å². The van der Waals surface area contributed by atoms with Crippen molar-refractivity contribution in [1.29, 1.82) is 0 Å². The zero-order valence-electron chi connectivity index (χ0n) is 14.0. The van der Waals surface area contributed by atoms with Gasteiger partial charge in [0.15, 0.2) is 0 Å². The molecule has 1 aromatic heterocycles. The number of aliphatic carboxylic acids is 1. The van der Waals surface area contributed by atoms with Crippen molar-refractivity contribution in [2.45, 2.75) is 31.8 Å². The molecule has 0 spiro atoms. The Hall–Kier alpha value is -2.40. The van der Waals surface area contributed by atoms with Crippen LogP contribution in [0.5, 0.6) is 5.75 Å². The van der Waals surface area contributed by atoms with Crippen molar-refractivity contribution >= 4 is 5.97 Å². The van der Waals surface area contributed by atoms with Gasteiger partial charge in [0.2, 0.25) is 0 Å². The number of ether oxygens (including phenoxy) is 1. The highest BCUT2D eigenvalue weighted by Crippen LogP contribution is 2.38. The second-order valence-electron chi connectivity index (χ2n) is 6.08. The zero-order chi connectivity index (χ0) is 17.1. The zero-order valence-corrected chi connectivity index (χ0v) is 14.0. The van der Waals surface area contributed by atoms with E-state index in [1.54, 1.807) is 7.11 Å². The van der Waals surface area contributed by atoms with E-state index in [4.69, 9.17) is 4.74 Å². The third-order valence-electron chi connectivity index (χ3n) is 4.53. The van der Waals surface area contributed by atoms with Crippen LogP contribution in [0.2, 0.25) is 0 Å². The molecule has 2 atom stereocenters. The maximum Gasteiger partial charge on any atom is 0.320 e. The number of carboxylic acid groups (broad SMARTS) is 1. The summed E-state index contributed by atoms with van der Waals surface area (Å²) in [6, 6.07) is 12.9. The molecule has 24 heavy (non-hydrogen) atoms. The molecule has 126 valence electrons. The van der Waals surface area contributed by atoms with Crippen LogP contribution in [0.4, 0.5) is 0 Å². The minimum absolute atomic E-state index is 0.232. The molecular weight excluding hydrogens is 304 g/mol. The predicted octanol–water partition coefficient (Wildman–Crippen LogP) is 3.04. The summed E-state index contributed by atoms with van der Waals surface area (Å²) in [6.07, 6.45) is 1.53. The Kier molecular flexibility index (Phi) is 4.81. The number of likely N-dealkylation sites (tertiary alicyclic amines) is 1. The van der Waals surface area contributed by atoms with Gasteiger partial charge >= 0.3 is 5.97 Å². The van der Waals surface area contributed by atoms with Gasteiger partial charge in [-0.1, -0.05) is 24.3 Å². The van der Waals surface area contributed by atoms with Crippen LogP contribution in [0.3, 0.4) is 0 Å². The lowest BCUT2D eigenvalue weighted by atomic mass is 9.99. The number of hydrogen-bond donors (Lipinski definition) is 1. The van der Waals surface area contributed by atoms with Crippen molar-refractivity contribution in [2.24, 2.45) is 0 Å². The van der Waals surface area contributed by atoms with Gasteiger partial charge < -0.3 is 9.84 Å². The van der Waals surface area contributed by atoms with Gasteiger partial charge in [0, 0.05) is 17.8 Å². The fourth-order valence-electron chi connectivity index (χ4n) is 3.48. The van der Waals surface area contributed by atoms with Crippen molar-refractivity contribution in [1.82, 2.24) is 9.88 Å². The molecule has 0 radical (unpaired) electrons. The normalized spacial score (nSPS) is 19.2. The first-order valence-electron chi connectivity index (χ1n) is 8.17. The van der Waals surface area contributed by atoms with Crippen LogP contribution in [0, 0.1) is 6.92 Å². The molecule has 2 aromatic rings. The van der Waals surface area contributed by atoms with Crippen LogP contribution in [0.15, 0.2) is 42.5 Å². The number of aryl methyl sites for hydroxylation is 1. The predicted molar refractivity (Wildman–Crippen MR) is 91.2 cm³/mol. The second-order valence-corrected chi connectivity index (χ2v) is 6.08. The number of carboxylic acids is 1. The average molecular weight is 326 g/mol. The number of pyridine rings is 1. The number of nitrogens with zero attached hydrogens (tertiary/aromatic N) is 2. The van der Waals surface area contributed by atoms with Crippen LogP contribution in [-0.4, -0.2) is 40.7 Å². The smallest absolute Gasteiger partial charge is 0.320 e. The Morgan fingerprint density at radius 2 is 2.08 bits per heavy atom. The lowest BCUT2D eigenvalue weighted by Crippen LogP contribution is -2.39. The third-order valence-corrected chi connectivity index (χ3v) is 4.53. The molecule has 0 amide bonds. The summed E-state index contributed by atoms with van der Waals surface area (Å²) in [6.45, 7) is 2.68. The molecule has 0 bridgehead atoms. The van der Waals surface area contributed by atoms with Crippen molar-refractivity contribution < 1.29 is 14.6 Å². The standard InChI is InChI=1S/C19H22N2O3/c1-13-7-5-9-15(20-13)18(14-8-3-4-11-17(14)24-2)21-12-6-10-16(21)19(22)23/h3-5,7-9,11,16,18H,6,10,12H2,1-2H3,(H,22,23). The van der Waals surface area contributed by atoms with Crippen LogP contribution >= 0.6 is 0 Å². The summed E-state index contributed by atoms with van der Waals surface area (Å²) in [4.78, 5) is 18.4. The molecule has 1 aliphatic heterocycles. The highest BCUT2D eigenvalue weighted by Gasteiger charge is 2.38. The Morgan fingerprint density at radius 3 is 2.79 bits per heavy atom. The molecule has 0 saturated carbocycles. The maximum atomic E-state index is 11.7. The summed E-state index contributed by atoms with van der Waals surface area (Å²) < 4.78 is 5.53. The molecule has 1 fully saturated rings. The third kappa shape index (κ3) is 3.12. The minimum atomic E-state index is -0.778. The van der Waals surface area contributed by atoms with Gasteiger partial charge in [-0.2, -0.15) is 0 Å². The Bertz CT molecular complexity index is 732. The molecule has 1 saturated heterocycles. The number of aromatic nitrogens is 1. The molecule has 1 aromatic carbocycles. The molecule has 3 rings (SSSR count). The maximum absolute atomic E-state index is 11.7. The lowest BCUT2D eigenvalue weighted by Gasteiger charge is -2.32. The van der Waals surface area contributed by atoms with Crippen molar-refractivity contribution in [3.8, 4) is 5.75 Å². The summed E-state index contributed by atoms with van der Waals surface area (Å²) in [5.74, 6) is -0.0260. The summed E-state index contributed by atoms with van der Waals surface area (Å²) >= 11 is 0. The Labute approximate surface area is 141 Å². The van der Waals surface area contributed by atoms with Crippen molar-refractivity contribution in [3.63, 3.8) is 0 Å². The minimum Gasteiger partial charge on any atom is -0.496 e. The van der Waals surface area contributed by atoms with E-state index in [0.29, 0.717) is 6.42 Å². The van der Waals surface area contributed by atoms with Gasteiger partial charge in [0.05, 0.1) is 18.8 Å². The van der Waals surface area contributed by atoms with E-state index < -0.39 is 12.0 Å². The van der Waals surface area contributed by atoms with Gasteiger partial charge in [0.1, 0.15) is 11.8 Å². The fraction of sp³-hybridized carbons (Fsp3) is 0.368. The lowest BCUT2D eigenvalue weighted by molar-refractivity contribution is -0.142. The Balaban J connectivity index is 2.12. The molecule has 1 aliphatic rings. The monoisotopic (exact) mass is 326 g/mol. The number of rotatable bonds is 5. The molecule has 2 heterocycles. The van der Waals surface area contributed by atoms with E-state index in [1.165, 1.54) is 0 Å². The van der Waals surface area contributed by atoms with E-state index >= 15 is 0 Å². The van der Waals surface area contributed by atoms with Crippen molar-refractivity contribution in [2.75, 3.05) is 13.7 Å². The largest absolute Gasteiger partial charge is 0.496 e. The van der Waals surface area contributed by atoms with Crippen LogP contribution in [0.25, 0.3) is 0 Å². The second kappa shape index (κ2) is 7.01. The van der Waals surface area contributed by atoms with E-state index in [-0.39, 0.29) is 6.04 Å². The molecule has 5 heteroatoms. The fourth-order valence-corrected chi connectivity index (χ4v) is 3.48.